The van der Waals surface area contributed by atoms with Crippen molar-refractivity contribution in [2.24, 2.45) is 23.2 Å². The van der Waals surface area contributed by atoms with Gasteiger partial charge in [0.15, 0.2) is 0 Å². The van der Waals surface area contributed by atoms with E-state index >= 15 is 0 Å². The van der Waals surface area contributed by atoms with Gasteiger partial charge in [0.25, 0.3) is 11.8 Å². The molecule has 0 radical (unpaired) electrons. The first-order valence-corrected chi connectivity index (χ1v) is 12.7. The fraction of sp³-hybridized carbons (Fsp3) is 0.483. The van der Waals surface area contributed by atoms with Crippen LogP contribution in [0.4, 0.5) is 0 Å². The first kappa shape index (κ1) is 21.6. The van der Waals surface area contributed by atoms with Crippen molar-refractivity contribution in [2.45, 2.75) is 64.0 Å². The lowest BCUT2D eigenvalue weighted by molar-refractivity contribution is -0.129. The molecule has 7 rings (SSSR count). The van der Waals surface area contributed by atoms with Crippen LogP contribution in [-0.4, -0.2) is 34.7 Å². The minimum absolute atomic E-state index is 0.0295. The summed E-state index contributed by atoms with van der Waals surface area (Å²) >= 11 is 0. The van der Waals surface area contributed by atoms with E-state index in [0.29, 0.717) is 17.5 Å². The molecule has 5 heteroatoms. The molecule has 1 N–H and O–H groups in total. The molecule has 4 saturated carbocycles. The van der Waals surface area contributed by atoms with Crippen LogP contribution in [0, 0.1) is 23.2 Å². The number of rotatable bonds is 6. The Kier molecular flexibility index (Phi) is 5.12. The van der Waals surface area contributed by atoms with Gasteiger partial charge in [-0.3, -0.25) is 19.3 Å². The van der Waals surface area contributed by atoms with Crippen LogP contribution in [0.2, 0.25) is 0 Å². The summed E-state index contributed by atoms with van der Waals surface area (Å²) < 4.78 is 0. The Morgan fingerprint density at radius 3 is 1.91 bits per heavy atom. The van der Waals surface area contributed by atoms with Gasteiger partial charge in [-0.25, -0.2) is 0 Å². The summed E-state index contributed by atoms with van der Waals surface area (Å²) in [7, 11) is 0. The van der Waals surface area contributed by atoms with Gasteiger partial charge in [0.1, 0.15) is 6.04 Å². The first-order valence-electron chi connectivity index (χ1n) is 12.7. The second-order valence-electron chi connectivity index (χ2n) is 11.2. The molecule has 1 heterocycles. The lowest BCUT2D eigenvalue weighted by Crippen LogP contribution is -2.59. The second-order valence-corrected chi connectivity index (χ2v) is 11.2. The third-order valence-electron chi connectivity index (χ3n) is 9.07. The molecule has 2 aromatic rings. The van der Waals surface area contributed by atoms with Crippen LogP contribution in [0.5, 0.6) is 0 Å². The number of carbonyl (C=O) groups excluding carboxylic acids is 3. The molecule has 0 spiro atoms. The van der Waals surface area contributed by atoms with E-state index in [9.17, 15) is 14.4 Å². The van der Waals surface area contributed by atoms with Crippen molar-refractivity contribution in [3.63, 3.8) is 0 Å². The number of nitrogens with one attached hydrogen (secondary N) is 1. The molecule has 0 aromatic heterocycles. The van der Waals surface area contributed by atoms with E-state index < -0.39 is 6.04 Å². The number of benzene rings is 2. The zero-order valence-electron chi connectivity index (χ0n) is 19.7. The van der Waals surface area contributed by atoms with Crippen molar-refractivity contribution in [3.8, 4) is 0 Å². The summed E-state index contributed by atoms with van der Waals surface area (Å²) in [6.07, 6.45) is 7.94. The highest BCUT2D eigenvalue weighted by Crippen LogP contribution is 2.61. The predicted molar refractivity (Wildman–Crippen MR) is 129 cm³/mol. The van der Waals surface area contributed by atoms with Gasteiger partial charge in [-0.1, -0.05) is 42.5 Å². The predicted octanol–water partition coefficient (Wildman–Crippen LogP) is 4.62. The quantitative estimate of drug-likeness (QED) is 0.646. The third-order valence-corrected chi connectivity index (χ3v) is 9.07. The molecule has 4 aliphatic carbocycles. The normalized spacial score (nSPS) is 30.9. The lowest BCUT2D eigenvalue weighted by atomic mass is 9.48. The fourth-order valence-corrected chi connectivity index (χ4v) is 7.80. The Balaban J connectivity index is 1.28. The number of imide groups is 1. The second kappa shape index (κ2) is 8.07. The Labute approximate surface area is 200 Å². The molecule has 34 heavy (non-hydrogen) atoms. The van der Waals surface area contributed by atoms with Gasteiger partial charge < -0.3 is 5.32 Å². The molecule has 176 valence electrons. The first-order chi connectivity index (χ1) is 16.4. The van der Waals surface area contributed by atoms with Gasteiger partial charge in [0, 0.05) is 12.5 Å². The molecular weight excluding hydrogens is 424 g/mol. The van der Waals surface area contributed by atoms with E-state index in [4.69, 9.17) is 0 Å². The molecular formula is C29H32N2O3. The van der Waals surface area contributed by atoms with Crippen LogP contribution < -0.4 is 5.32 Å². The van der Waals surface area contributed by atoms with Crippen LogP contribution in [0.3, 0.4) is 0 Å². The highest BCUT2D eigenvalue weighted by Gasteiger charge is 2.54. The molecule has 0 saturated heterocycles. The van der Waals surface area contributed by atoms with Crippen molar-refractivity contribution in [2.75, 3.05) is 0 Å². The molecule has 5 aliphatic rings. The Morgan fingerprint density at radius 1 is 0.882 bits per heavy atom. The topological polar surface area (TPSA) is 66.5 Å². The fourth-order valence-electron chi connectivity index (χ4n) is 7.80. The Hall–Kier alpha value is -2.95. The summed E-state index contributed by atoms with van der Waals surface area (Å²) in [6, 6.07) is 15.7. The number of hydrogen-bond acceptors (Lipinski definition) is 3. The molecule has 5 nitrogen and oxygen atoms in total. The van der Waals surface area contributed by atoms with Crippen molar-refractivity contribution in [1.82, 2.24) is 10.2 Å². The SMILES string of the molecule is CC(NC(=O)C(Cc1ccccc1)N1C(=O)c2ccccc2C1=O)C12CC3CC(CC(C3)C1)C2. The van der Waals surface area contributed by atoms with Crippen LogP contribution in [0.15, 0.2) is 54.6 Å². The number of amides is 3. The van der Waals surface area contributed by atoms with E-state index in [-0.39, 0.29) is 29.2 Å². The maximum atomic E-state index is 13.8. The third kappa shape index (κ3) is 3.48. The number of nitrogens with zero attached hydrogens (tertiary/aromatic N) is 1. The smallest absolute Gasteiger partial charge is 0.262 e. The van der Waals surface area contributed by atoms with Gasteiger partial charge in [0.05, 0.1) is 11.1 Å². The number of fused-ring (bicyclic) bond motifs is 1. The largest absolute Gasteiger partial charge is 0.351 e. The average Bonchev–Trinajstić information content (AvgIpc) is 3.07. The zero-order valence-corrected chi connectivity index (χ0v) is 19.7. The highest BCUT2D eigenvalue weighted by atomic mass is 16.2. The van der Waals surface area contributed by atoms with E-state index in [0.717, 1.165) is 23.3 Å². The molecule has 2 unspecified atom stereocenters. The molecule has 4 fully saturated rings. The summed E-state index contributed by atoms with van der Waals surface area (Å²) in [5.41, 5.74) is 1.85. The van der Waals surface area contributed by atoms with Crippen molar-refractivity contribution in [1.29, 1.82) is 0 Å². The van der Waals surface area contributed by atoms with E-state index in [1.54, 1.807) is 24.3 Å². The van der Waals surface area contributed by atoms with Gasteiger partial charge >= 0.3 is 0 Å². The van der Waals surface area contributed by atoms with Crippen LogP contribution in [-0.2, 0) is 11.2 Å². The number of carbonyl (C=O) groups is 3. The van der Waals surface area contributed by atoms with Crippen LogP contribution in [0.1, 0.15) is 71.7 Å². The van der Waals surface area contributed by atoms with Gasteiger partial charge in [-0.05, 0) is 86.3 Å². The van der Waals surface area contributed by atoms with Crippen molar-refractivity contribution >= 4 is 17.7 Å². The van der Waals surface area contributed by atoms with Crippen LogP contribution >= 0.6 is 0 Å². The maximum absolute atomic E-state index is 13.8. The Morgan fingerprint density at radius 2 is 1.38 bits per heavy atom. The highest BCUT2D eigenvalue weighted by molar-refractivity contribution is 6.22. The van der Waals surface area contributed by atoms with Gasteiger partial charge in [0.2, 0.25) is 5.91 Å². The monoisotopic (exact) mass is 456 g/mol. The van der Waals surface area contributed by atoms with Gasteiger partial charge in [-0.15, -0.1) is 0 Å². The standard InChI is InChI=1S/C29H32N2O3/c1-18(29-15-20-11-21(16-29)13-22(12-20)17-29)30-26(32)25(14-19-7-3-2-4-8-19)31-27(33)23-9-5-6-10-24(23)28(31)34/h2-10,18,20-22,25H,11-17H2,1H3,(H,30,32). The molecule has 2 atom stereocenters. The van der Waals surface area contributed by atoms with E-state index in [1.165, 1.54) is 43.4 Å². The van der Waals surface area contributed by atoms with Crippen molar-refractivity contribution in [3.05, 3.63) is 71.3 Å². The lowest BCUT2D eigenvalue weighted by Gasteiger charge is -2.59. The Bertz CT molecular complexity index is 1070. The van der Waals surface area contributed by atoms with Crippen LogP contribution in [0.25, 0.3) is 0 Å². The minimum atomic E-state index is -0.869. The summed E-state index contributed by atoms with van der Waals surface area (Å²) in [5.74, 6) is 1.41. The van der Waals surface area contributed by atoms with E-state index in [2.05, 4.69) is 12.2 Å². The molecule has 2 aromatic carbocycles. The average molecular weight is 457 g/mol. The zero-order chi connectivity index (χ0) is 23.4. The molecule has 3 amide bonds. The van der Waals surface area contributed by atoms with Gasteiger partial charge in [-0.2, -0.15) is 0 Å². The summed E-state index contributed by atoms with van der Waals surface area (Å²) in [6.45, 7) is 2.15. The van der Waals surface area contributed by atoms with Crippen molar-refractivity contribution < 1.29 is 14.4 Å². The maximum Gasteiger partial charge on any atom is 0.262 e. The molecule has 4 bridgehead atoms. The minimum Gasteiger partial charge on any atom is -0.351 e. The van der Waals surface area contributed by atoms with E-state index in [1.807, 2.05) is 30.3 Å². The summed E-state index contributed by atoms with van der Waals surface area (Å²) in [4.78, 5) is 41.6. The number of hydrogen-bond donors (Lipinski definition) is 1. The molecule has 1 aliphatic heterocycles. The summed E-state index contributed by atoms with van der Waals surface area (Å²) in [5, 5.41) is 3.32.